The largest absolute Gasteiger partial charge is 0.478 e. The summed E-state index contributed by atoms with van der Waals surface area (Å²) in [6, 6.07) is -0.417. The van der Waals surface area contributed by atoms with E-state index in [2.05, 4.69) is 9.68 Å². The van der Waals surface area contributed by atoms with E-state index >= 15 is 0 Å². The average molecular weight is 156 g/mol. The average Bonchev–Trinajstić information content (AvgIpc) is 2.32. The maximum Gasteiger partial charge on any atom is 0.341 e. The summed E-state index contributed by atoms with van der Waals surface area (Å²) < 4.78 is 4.46. The highest BCUT2D eigenvalue weighted by Crippen LogP contribution is 2.12. The van der Waals surface area contributed by atoms with E-state index in [1.807, 2.05) is 0 Å². The van der Waals surface area contributed by atoms with Gasteiger partial charge in [-0.3, -0.25) is 0 Å². The molecule has 1 aromatic rings. The van der Waals surface area contributed by atoms with Crippen LogP contribution in [0.4, 0.5) is 0 Å². The Morgan fingerprint density at radius 2 is 2.55 bits per heavy atom. The summed E-state index contributed by atoms with van der Waals surface area (Å²) in [5, 5.41) is 12.0. The molecule has 0 aliphatic carbocycles. The molecule has 5 nitrogen and oxygen atoms in total. The van der Waals surface area contributed by atoms with Crippen molar-refractivity contribution < 1.29 is 14.4 Å². The first kappa shape index (κ1) is 7.74. The van der Waals surface area contributed by atoms with Gasteiger partial charge >= 0.3 is 5.97 Å². The minimum absolute atomic E-state index is 0.0278. The third-order valence-electron chi connectivity index (χ3n) is 1.26. The van der Waals surface area contributed by atoms with Crippen molar-refractivity contribution in [2.45, 2.75) is 13.0 Å². The van der Waals surface area contributed by atoms with Crippen molar-refractivity contribution in [2.24, 2.45) is 5.73 Å². The van der Waals surface area contributed by atoms with Crippen LogP contribution in [0.2, 0.25) is 0 Å². The van der Waals surface area contributed by atoms with E-state index in [4.69, 9.17) is 10.8 Å². The second-order valence-corrected chi connectivity index (χ2v) is 2.21. The van der Waals surface area contributed by atoms with Crippen LogP contribution in [-0.4, -0.2) is 16.2 Å². The number of nitrogens with two attached hydrogens (primary N) is 1. The quantitative estimate of drug-likeness (QED) is 0.646. The van der Waals surface area contributed by atoms with Gasteiger partial charge in [-0.1, -0.05) is 5.16 Å². The topological polar surface area (TPSA) is 89.4 Å². The van der Waals surface area contributed by atoms with Crippen molar-refractivity contribution in [3.8, 4) is 0 Å². The third-order valence-corrected chi connectivity index (χ3v) is 1.26. The molecule has 1 heterocycles. The van der Waals surface area contributed by atoms with E-state index < -0.39 is 12.0 Å². The third kappa shape index (κ3) is 1.38. The molecule has 5 heteroatoms. The van der Waals surface area contributed by atoms with Gasteiger partial charge in [0, 0.05) is 6.04 Å². The Balaban J connectivity index is 3.06. The first-order valence-electron chi connectivity index (χ1n) is 3.06. The second kappa shape index (κ2) is 2.71. The van der Waals surface area contributed by atoms with Gasteiger partial charge in [-0.2, -0.15) is 0 Å². The van der Waals surface area contributed by atoms with E-state index in [1.54, 1.807) is 6.92 Å². The van der Waals surface area contributed by atoms with Crippen LogP contribution in [0.15, 0.2) is 10.8 Å². The first-order chi connectivity index (χ1) is 5.13. The molecule has 0 bridgehead atoms. The van der Waals surface area contributed by atoms with Crippen molar-refractivity contribution in [3.63, 3.8) is 0 Å². The zero-order valence-corrected chi connectivity index (χ0v) is 5.94. The van der Waals surface area contributed by atoms with Crippen LogP contribution < -0.4 is 5.73 Å². The Kier molecular flexibility index (Phi) is 1.91. The standard InChI is InChI=1S/C6H8N2O3/c1-3(7)5-4(6(9)10)2-11-8-5/h2-3H,7H2,1H3,(H,9,10)/t3-/m0/s1. The van der Waals surface area contributed by atoms with Crippen LogP contribution in [-0.2, 0) is 0 Å². The highest BCUT2D eigenvalue weighted by atomic mass is 16.5. The second-order valence-electron chi connectivity index (χ2n) is 2.21. The molecule has 3 N–H and O–H groups in total. The summed E-state index contributed by atoms with van der Waals surface area (Å²) in [7, 11) is 0. The Morgan fingerprint density at radius 1 is 1.91 bits per heavy atom. The molecule has 0 saturated carbocycles. The minimum atomic E-state index is -1.07. The van der Waals surface area contributed by atoms with Gasteiger partial charge < -0.3 is 15.4 Å². The Hall–Kier alpha value is -1.36. The fourth-order valence-electron chi connectivity index (χ4n) is 0.734. The molecule has 0 saturated heterocycles. The number of carboxylic acids is 1. The molecule has 1 rings (SSSR count). The van der Waals surface area contributed by atoms with Crippen molar-refractivity contribution in [2.75, 3.05) is 0 Å². The molecule has 0 radical (unpaired) electrons. The van der Waals surface area contributed by atoms with E-state index in [1.165, 1.54) is 0 Å². The molecule has 0 unspecified atom stereocenters. The van der Waals surface area contributed by atoms with Crippen molar-refractivity contribution >= 4 is 5.97 Å². The predicted octanol–water partition coefficient (Wildman–Crippen LogP) is 0.393. The lowest BCUT2D eigenvalue weighted by Crippen LogP contribution is -2.10. The number of hydrogen-bond donors (Lipinski definition) is 2. The monoisotopic (exact) mass is 156 g/mol. The number of aromatic carboxylic acids is 1. The number of hydrogen-bond acceptors (Lipinski definition) is 4. The molecule has 1 atom stereocenters. The molecular weight excluding hydrogens is 148 g/mol. The van der Waals surface area contributed by atoms with Crippen molar-refractivity contribution in [1.82, 2.24) is 5.16 Å². The summed E-state index contributed by atoms with van der Waals surface area (Å²) >= 11 is 0. The van der Waals surface area contributed by atoms with E-state index in [0.29, 0.717) is 0 Å². The number of carbonyl (C=O) groups is 1. The van der Waals surface area contributed by atoms with Gasteiger partial charge in [0.25, 0.3) is 0 Å². The molecule has 0 aromatic carbocycles. The van der Waals surface area contributed by atoms with E-state index in [9.17, 15) is 4.79 Å². The van der Waals surface area contributed by atoms with Crippen LogP contribution >= 0.6 is 0 Å². The van der Waals surface area contributed by atoms with Crippen LogP contribution in [0.5, 0.6) is 0 Å². The molecule has 0 aliphatic heterocycles. The summed E-state index contributed by atoms with van der Waals surface area (Å²) in [5.74, 6) is -1.07. The summed E-state index contributed by atoms with van der Waals surface area (Å²) in [6.07, 6.45) is 1.07. The normalized spacial score (nSPS) is 12.9. The number of carboxylic acid groups (broad SMARTS) is 1. The van der Waals surface area contributed by atoms with Gasteiger partial charge in [0.2, 0.25) is 0 Å². The van der Waals surface area contributed by atoms with Crippen LogP contribution in [0.3, 0.4) is 0 Å². The van der Waals surface area contributed by atoms with Gasteiger partial charge in [0.05, 0.1) is 0 Å². The molecule has 60 valence electrons. The lowest BCUT2D eigenvalue weighted by Gasteiger charge is -1.98. The van der Waals surface area contributed by atoms with Crippen molar-refractivity contribution in [3.05, 3.63) is 17.5 Å². The molecule has 0 spiro atoms. The lowest BCUT2D eigenvalue weighted by atomic mass is 10.1. The fraction of sp³-hybridized carbons (Fsp3) is 0.333. The Morgan fingerprint density at radius 3 is 2.91 bits per heavy atom. The van der Waals surface area contributed by atoms with Crippen LogP contribution in [0, 0.1) is 0 Å². The molecule has 0 aliphatic rings. The Bertz CT molecular complexity index is 267. The zero-order valence-electron chi connectivity index (χ0n) is 5.94. The SMILES string of the molecule is C[C@H](N)c1nocc1C(=O)O. The van der Waals surface area contributed by atoms with Crippen LogP contribution in [0.25, 0.3) is 0 Å². The maximum absolute atomic E-state index is 10.4. The molecule has 11 heavy (non-hydrogen) atoms. The van der Waals surface area contributed by atoms with Gasteiger partial charge in [-0.05, 0) is 6.92 Å². The number of rotatable bonds is 2. The first-order valence-corrected chi connectivity index (χ1v) is 3.06. The lowest BCUT2D eigenvalue weighted by molar-refractivity contribution is 0.0694. The highest BCUT2D eigenvalue weighted by molar-refractivity contribution is 5.88. The number of aromatic nitrogens is 1. The maximum atomic E-state index is 10.4. The van der Waals surface area contributed by atoms with Crippen molar-refractivity contribution in [1.29, 1.82) is 0 Å². The van der Waals surface area contributed by atoms with E-state index in [-0.39, 0.29) is 11.3 Å². The van der Waals surface area contributed by atoms with Gasteiger partial charge in [0.15, 0.2) is 0 Å². The minimum Gasteiger partial charge on any atom is -0.478 e. The predicted molar refractivity (Wildman–Crippen MR) is 36.1 cm³/mol. The highest BCUT2D eigenvalue weighted by Gasteiger charge is 2.16. The summed E-state index contributed by atoms with van der Waals surface area (Å²) in [5.41, 5.74) is 5.71. The molecule has 0 amide bonds. The van der Waals surface area contributed by atoms with Gasteiger partial charge in [-0.15, -0.1) is 0 Å². The number of nitrogens with zero attached hydrogens (tertiary/aromatic N) is 1. The summed E-state index contributed by atoms with van der Waals surface area (Å²) in [4.78, 5) is 10.4. The molecule has 0 fully saturated rings. The molecular formula is C6H8N2O3. The fourth-order valence-corrected chi connectivity index (χ4v) is 0.734. The molecule has 1 aromatic heterocycles. The van der Waals surface area contributed by atoms with Gasteiger partial charge in [0.1, 0.15) is 17.5 Å². The summed E-state index contributed by atoms with van der Waals surface area (Å²) in [6.45, 7) is 1.64. The smallest absolute Gasteiger partial charge is 0.341 e. The Labute approximate surface area is 62.8 Å². The van der Waals surface area contributed by atoms with Gasteiger partial charge in [-0.25, -0.2) is 4.79 Å². The van der Waals surface area contributed by atoms with E-state index in [0.717, 1.165) is 6.26 Å². The zero-order chi connectivity index (χ0) is 8.43. The van der Waals surface area contributed by atoms with Crippen LogP contribution in [0.1, 0.15) is 29.0 Å².